The minimum absolute atomic E-state index is 0.244. The largest absolute Gasteiger partial charge is 0.466 e. The highest BCUT2D eigenvalue weighted by Crippen LogP contribution is 2.39. The molecule has 5 nitrogen and oxygen atoms in total. The van der Waals surface area contributed by atoms with E-state index in [2.05, 4.69) is 5.32 Å². The van der Waals surface area contributed by atoms with Crippen LogP contribution in [0.5, 0.6) is 0 Å². The van der Waals surface area contributed by atoms with Crippen LogP contribution in [0, 0.1) is 0 Å². The molecule has 0 aromatic heterocycles. The Morgan fingerprint density at radius 2 is 1.79 bits per heavy atom. The molecule has 6 heteroatoms. The van der Waals surface area contributed by atoms with Crippen LogP contribution in [-0.2, 0) is 19.1 Å². The average molecular weight is 350 g/mol. The standard InChI is InChI=1S/C18H20ClNO4/c1-5-24-18(22)15-11(3)20-10(2)14(17(21)23-4)16(15)12-7-6-8-13(19)9-12/h6-9,16,20H,5H2,1-4H3. The van der Waals surface area contributed by atoms with Crippen LogP contribution in [-0.4, -0.2) is 25.7 Å². The Morgan fingerprint density at radius 3 is 2.33 bits per heavy atom. The summed E-state index contributed by atoms with van der Waals surface area (Å²) in [6.07, 6.45) is 0. The number of allylic oxidation sites excluding steroid dienone is 2. The summed E-state index contributed by atoms with van der Waals surface area (Å²) in [5, 5.41) is 3.59. The Bertz CT molecular complexity index is 736. The molecule has 1 N–H and O–H groups in total. The summed E-state index contributed by atoms with van der Waals surface area (Å²) in [5.41, 5.74) is 2.76. The highest BCUT2D eigenvalue weighted by atomic mass is 35.5. The van der Waals surface area contributed by atoms with Gasteiger partial charge in [0.2, 0.25) is 0 Å². The molecule has 1 unspecified atom stereocenters. The number of nitrogens with one attached hydrogen (secondary N) is 1. The first-order valence-electron chi connectivity index (χ1n) is 7.60. The highest BCUT2D eigenvalue weighted by Gasteiger charge is 2.37. The van der Waals surface area contributed by atoms with Gasteiger partial charge in [-0.05, 0) is 38.5 Å². The Balaban J connectivity index is 2.66. The van der Waals surface area contributed by atoms with Gasteiger partial charge >= 0.3 is 11.9 Å². The topological polar surface area (TPSA) is 64.6 Å². The number of halogens is 1. The first-order valence-corrected chi connectivity index (χ1v) is 7.97. The number of carbonyl (C=O) groups is 2. The van der Waals surface area contributed by atoms with Gasteiger partial charge in [-0.3, -0.25) is 0 Å². The average Bonchev–Trinajstić information content (AvgIpc) is 2.53. The third-order valence-electron chi connectivity index (χ3n) is 3.84. The van der Waals surface area contributed by atoms with E-state index < -0.39 is 17.9 Å². The summed E-state index contributed by atoms with van der Waals surface area (Å²) >= 11 is 6.11. The summed E-state index contributed by atoms with van der Waals surface area (Å²) in [6.45, 7) is 5.53. The van der Waals surface area contributed by atoms with Gasteiger partial charge in [0.15, 0.2) is 0 Å². The number of dihydropyridines is 1. The lowest BCUT2D eigenvalue weighted by Gasteiger charge is -2.30. The molecule has 0 saturated carbocycles. The molecule has 0 radical (unpaired) electrons. The summed E-state index contributed by atoms with van der Waals surface area (Å²) in [6, 6.07) is 7.08. The maximum atomic E-state index is 12.5. The molecule has 24 heavy (non-hydrogen) atoms. The van der Waals surface area contributed by atoms with Gasteiger partial charge in [0, 0.05) is 16.4 Å². The molecule has 1 aliphatic heterocycles. The van der Waals surface area contributed by atoms with Crippen LogP contribution in [0.4, 0.5) is 0 Å². The lowest BCUT2D eigenvalue weighted by atomic mass is 9.80. The van der Waals surface area contributed by atoms with Crippen molar-refractivity contribution in [1.82, 2.24) is 5.32 Å². The third kappa shape index (κ3) is 3.46. The van der Waals surface area contributed by atoms with Crippen molar-refractivity contribution in [2.45, 2.75) is 26.7 Å². The Labute approximate surface area is 146 Å². The van der Waals surface area contributed by atoms with Gasteiger partial charge < -0.3 is 14.8 Å². The van der Waals surface area contributed by atoms with Crippen LogP contribution in [0.3, 0.4) is 0 Å². The van der Waals surface area contributed by atoms with Crippen LogP contribution in [0.2, 0.25) is 5.02 Å². The van der Waals surface area contributed by atoms with Crippen LogP contribution in [0.15, 0.2) is 46.8 Å². The molecule has 0 bridgehead atoms. The molecular weight excluding hydrogens is 330 g/mol. The van der Waals surface area contributed by atoms with E-state index in [0.717, 1.165) is 5.56 Å². The lowest BCUT2D eigenvalue weighted by Crippen LogP contribution is -2.32. The van der Waals surface area contributed by atoms with Crippen molar-refractivity contribution in [1.29, 1.82) is 0 Å². The Hall–Kier alpha value is -2.27. The number of carbonyl (C=O) groups excluding carboxylic acids is 2. The maximum absolute atomic E-state index is 12.5. The van der Waals surface area contributed by atoms with Crippen LogP contribution in [0.1, 0.15) is 32.3 Å². The summed E-state index contributed by atoms with van der Waals surface area (Å²) in [4.78, 5) is 24.9. The number of ether oxygens (including phenoxy) is 2. The first-order chi connectivity index (χ1) is 11.4. The van der Waals surface area contributed by atoms with Crippen molar-refractivity contribution in [3.05, 3.63) is 57.4 Å². The molecule has 2 rings (SSSR count). The zero-order valence-corrected chi connectivity index (χ0v) is 14.9. The summed E-state index contributed by atoms with van der Waals surface area (Å²) in [5.74, 6) is -1.57. The second kappa shape index (κ2) is 7.53. The van der Waals surface area contributed by atoms with Crippen molar-refractivity contribution in [2.75, 3.05) is 13.7 Å². The van der Waals surface area contributed by atoms with Gasteiger partial charge in [-0.15, -0.1) is 0 Å². The molecule has 1 aromatic rings. The monoisotopic (exact) mass is 349 g/mol. The fourth-order valence-electron chi connectivity index (χ4n) is 2.87. The van der Waals surface area contributed by atoms with E-state index in [-0.39, 0.29) is 6.61 Å². The fourth-order valence-corrected chi connectivity index (χ4v) is 3.07. The second-order valence-corrected chi connectivity index (χ2v) is 5.84. The summed E-state index contributed by atoms with van der Waals surface area (Å²) in [7, 11) is 1.31. The Kier molecular flexibility index (Phi) is 5.67. The molecule has 0 aliphatic carbocycles. The number of hydrogen-bond acceptors (Lipinski definition) is 5. The molecular formula is C18H20ClNO4. The van der Waals surface area contributed by atoms with E-state index in [4.69, 9.17) is 21.1 Å². The van der Waals surface area contributed by atoms with Gasteiger partial charge in [0.05, 0.1) is 30.8 Å². The van der Waals surface area contributed by atoms with Gasteiger partial charge in [0.25, 0.3) is 0 Å². The van der Waals surface area contributed by atoms with Gasteiger partial charge in [-0.1, -0.05) is 23.7 Å². The predicted octanol–water partition coefficient (Wildman–Crippen LogP) is 3.31. The van der Waals surface area contributed by atoms with Gasteiger partial charge in [-0.2, -0.15) is 0 Å². The van der Waals surface area contributed by atoms with Crippen LogP contribution >= 0.6 is 11.6 Å². The highest BCUT2D eigenvalue weighted by molar-refractivity contribution is 6.30. The SMILES string of the molecule is CCOC(=O)C1=C(C)NC(C)=C(C(=O)OC)C1c1cccc(Cl)c1. The molecule has 1 heterocycles. The van der Waals surface area contributed by atoms with Gasteiger partial charge in [-0.25, -0.2) is 9.59 Å². The van der Waals surface area contributed by atoms with Crippen molar-refractivity contribution in [2.24, 2.45) is 0 Å². The molecule has 1 atom stereocenters. The third-order valence-corrected chi connectivity index (χ3v) is 4.08. The molecule has 0 spiro atoms. The molecule has 0 fully saturated rings. The number of esters is 2. The number of hydrogen-bond donors (Lipinski definition) is 1. The normalized spacial score (nSPS) is 17.5. The summed E-state index contributed by atoms with van der Waals surface area (Å²) < 4.78 is 10.1. The molecule has 0 amide bonds. The van der Waals surface area contributed by atoms with E-state index in [1.54, 1.807) is 39.0 Å². The van der Waals surface area contributed by atoms with E-state index in [9.17, 15) is 9.59 Å². The molecule has 1 aliphatic rings. The first kappa shape index (κ1) is 18.1. The Morgan fingerprint density at radius 1 is 1.17 bits per heavy atom. The minimum Gasteiger partial charge on any atom is -0.466 e. The maximum Gasteiger partial charge on any atom is 0.336 e. The number of benzene rings is 1. The molecule has 128 valence electrons. The number of rotatable bonds is 4. The van der Waals surface area contributed by atoms with Crippen LogP contribution in [0.25, 0.3) is 0 Å². The van der Waals surface area contributed by atoms with E-state index in [1.165, 1.54) is 7.11 Å². The van der Waals surface area contributed by atoms with Crippen molar-refractivity contribution >= 4 is 23.5 Å². The lowest BCUT2D eigenvalue weighted by molar-refractivity contribution is -0.139. The van der Waals surface area contributed by atoms with Crippen molar-refractivity contribution in [3.8, 4) is 0 Å². The minimum atomic E-state index is -0.601. The second-order valence-electron chi connectivity index (χ2n) is 5.40. The number of methoxy groups -OCH3 is 1. The van der Waals surface area contributed by atoms with E-state index in [1.807, 2.05) is 6.07 Å². The van der Waals surface area contributed by atoms with Crippen molar-refractivity contribution in [3.63, 3.8) is 0 Å². The zero-order chi connectivity index (χ0) is 17.9. The fraction of sp³-hybridized carbons (Fsp3) is 0.333. The van der Waals surface area contributed by atoms with E-state index in [0.29, 0.717) is 27.6 Å². The smallest absolute Gasteiger partial charge is 0.336 e. The molecule has 1 aromatic carbocycles. The van der Waals surface area contributed by atoms with Crippen LogP contribution < -0.4 is 5.32 Å². The van der Waals surface area contributed by atoms with Crippen molar-refractivity contribution < 1.29 is 19.1 Å². The zero-order valence-electron chi connectivity index (χ0n) is 14.1. The van der Waals surface area contributed by atoms with Gasteiger partial charge in [0.1, 0.15) is 0 Å². The van der Waals surface area contributed by atoms with E-state index >= 15 is 0 Å². The molecule has 0 saturated heterocycles. The predicted molar refractivity (Wildman–Crippen MR) is 91.4 cm³/mol. The quantitative estimate of drug-likeness (QED) is 0.845.